The third-order valence-electron chi connectivity index (χ3n) is 4.31. The summed E-state index contributed by atoms with van der Waals surface area (Å²) in [5, 5.41) is 0.141. The quantitative estimate of drug-likeness (QED) is 0.524. The number of hydrogen-bond donors (Lipinski definition) is 0. The summed E-state index contributed by atoms with van der Waals surface area (Å²) in [6, 6.07) is 7.97. The normalized spacial score (nSPS) is 13.9. The molecule has 23 heavy (non-hydrogen) atoms. The molecule has 0 aliphatic heterocycles. The molecule has 1 aromatic rings. The molecule has 0 aliphatic rings. The largest absolute Gasteiger partial charge is 0.543 e. The van der Waals surface area contributed by atoms with Crippen molar-refractivity contribution < 1.29 is 14.0 Å². The van der Waals surface area contributed by atoms with E-state index in [2.05, 4.69) is 33.9 Å². The van der Waals surface area contributed by atoms with E-state index in [0.717, 1.165) is 11.3 Å². The number of carbonyl (C=O) groups is 1. The van der Waals surface area contributed by atoms with Gasteiger partial charge in [-0.1, -0.05) is 51.1 Å². The molecule has 0 spiro atoms. The van der Waals surface area contributed by atoms with Crippen molar-refractivity contribution in [2.45, 2.75) is 52.8 Å². The van der Waals surface area contributed by atoms with Gasteiger partial charge < -0.3 is 9.16 Å². The van der Waals surface area contributed by atoms with Crippen LogP contribution in [-0.2, 0) is 9.53 Å². The fourth-order valence-electron chi connectivity index (χ4n) is 1.74. The van der Waals surface area contributed by atoms with Crippen molar-refractivity contribution in [3.63, 3.8) is 0 Å². The Balaban J connectivity index is 2.96. The maximum absolute atomic E-state index is 11.7. The van der Waals surface area contributed by atoms with E-state index in [1.54, 1.807) is 0 Å². The molecule has 0 aromatic heterocycles. The van der Waals surface area contributed by atoms with Crippen molar-refractivity contribution in [2.75, 3.05) is 6.61 Å². The summed E-state index contributed by atoms with van der Waals surface area (Å²) >= 11 is 0. The van der Waals surface area contributed by atoms with E-state index < -0.39 is 8.32 Å². The second-order valence-corrected chi connectivity index (χ2v) is 12.0. The summed E-state index contributed by atoms with van der Waals surface area (Å²) in [5.74, 6) is 0.411. The first-order valence-corrected chi connectivity index (χ1v) is 11.1. The lowest BCUT2D eigenvalue weighted by atomic mass is 10.1. The van der Waals surface area contributed by atoms with Gasteiger partial charge in [0.15, 0.2) is 0 Å². The second-order valence-electron chi connectivity index (χ2n) is 7.30. The highest BCUT2D eigenvalue weighted by Crippen LogP contribution is 2.38. The minimum absolute atomic E-state index is 0.141. The summed E-state index contributed by atoms with van der Waals surface area (Å²) in [4.78, 5) is 11.7. The summed E-state index contributed by atoms with van der Waals surface area (Å²) in [5.41, 5.74) is 0.994. The zero-order valence-electron chi connectivity index (χ0n) is 15.5. The third kappa shape index (κ3) is 5.54. The van der Waals surface area contributed by atoms with Crippen LogP contribution in [0.5, 0.6) is 5.75 Å². The molecule has 128 valence electrons. The van der Waals surface area contributed by atoms with Crippen LogP contribution in [-0.4, -0.2) is 20.9 Å². The van der Waals surface area contributed by atoms with Crippen LogP contribution in [0.15, 0.2) is 30.3 Å². The molecule has 0 fully saturated rings. The molecule has 0 saturated heterocycles. The number of ether oxygens (including phenoxy) is 1. The highest BCUT2D eigenvalue weighted by Gasteiger charge is 2.39. The second kappa shape index (κ2) is 7.82. The molecule has 4 heteroatoms. The number of carbonyl (C=O) groups excluding carboxylic acids is 1. The maximum Gasteiger partial charge on any atom is 0.312 e. The smallest absolute Gasteiger partial charge is 0.312 e. The Morgan fingerprint density at radius 3 is 2.43 bits per heavy atom. The zero-order chi connectivity index (χ0) is 17.7. The van der Waals surface area contributed by atoms with Crippen LogP contribution in [0.25, 0.3) is 6.08 Å². The van der Waals surface area contributed by atoms with Crippen LogP contribution >= 0.6 is 0 Å². The molecule has 0 radical (unpaired) electrons. The molecule has 0 amide bonds. The highest BCUT2D eigenvalue weighted by molar-refractivity contribution is 6.74. The molecule has 0 aliphatic carbocycles. The molecule has 0 N–H and O–H groups in total. The zero-order valence-corrected chi connectivity index (χ0v) is 16.5. The van der Waals surface area contributed by atoms with Gasteiger partial charge in [-0.2, -0.15) is 0 Å². The van der Waals surface area contributed by atoms with Crippen LogP contribution in [0, 0.1) is 5.92 Å². The fraction of sp³-hybridized carbons (Fsp3) is 0.526. The van der Waals surface area contributed by atoms with Crippen molar-refractivity contribution >= 4 is 20.4 Å². The molecular weight excluding hydrogens is 304 g/mol. The molecule has 3 nitrogen and oxygen atoms in total. The summed E-state index contributed by atoms with van der Waals surface area (Å²) in [7, 11) is -1.89. The van der Waals surface area contributed by atoms with E-state index >= 15 is 0 Å². The monoisotopic (exact) mass is 334 g/mol. The summed E-state index contributed by atoms with van der Waals surface area (Å²) in [6.45, 7) is 15.2. The first kappa shape index (κ1) is 19.5. The average molecular weight is 335 g/mol. The van der Waals surface area contributed by atoms with Crippen LogP contribution in [0.4, 0.5) is 0 Å². The number of benzene rings is 1. The Hall–Kier alpha value is -1.55. The Labute approximate surface area is 141 Å². The predicted molar refractivity (Wildman–Crippen MR) is 99.1 cm³/mol. The molecule has 1 rings (SSSR count). The predicted octanol–water partition coefficient (Wildman–Crippen LogP) is 5.28. The molecule has 0 heterocycles. The van der Waals surface area contributed by atoms with E-state index in [1.165, 1.54) is 0 Å². The Bertz CT molecular complexity index is 556. The first-order chi connectivity index (χ1) is 10.6. The fourth-order valence-corrected chi connectivity index (χ4v) is 2.78. The van der Waals surface area contributed by atoms with Crippen LogP contribution < -0.4 is 4.43 Å². The topological polar surface area (TPSA) is 35.5 Å². The molecule has 1 aromatic carbocycles. The van der Waals surface area contributed by atoms with Gasteiger partial charge in [-0.25, -0.2) is 0 Å². The van der Waals surface area contributed by atoms with Gasteiger partial charge in [-0.15, -0.1) is 0 Å². The van der Waals surface area contributed by atoms with E-state index in [4.69, 9.17) is 9.16 Å². The number of rotatable bonds is 6. The highest BCUT2D eigenvalue weighted by atomic mass is 28.4. The van der Waals surface area contributed by atoms with Gasteiger partial charge in [0.2, 0.25) is 0 Å². The number of para-hydroxylation sites is 1. The van der Waals surface area contributed by atoms with E-state index in [9.17, 15) is 4.79 Å². The average Bonchev–Trinajstić information content (AvgIpc) is 2.44. The summed E-state index contributed by atoms with van der Waals surface area (Å²) in [6.07, 6.45) is 3.82. The van der Waals surface area contributed by atoms with Crippen molar-refractivity contribution in [2.24, 2.45) is 5.92 Å². The Kier molecular flexibility index (Phi) is 6.63. The summed E-state index contributed by atoms with van der Waals surface area (Å²) < 4.78 is 11.4. The SMILES string of the molecule is CCOC(=O)C(C)/C=C/c1ccccc1O[Si](C)(C)C(C)(C)C. The van der Waals surface area contributed by atoms with Gasteiger partial charge in [-0.3, -0.25) is 4.79 Å². The van der Waals surface area contributed by atoms with Crippen molar-refractivity contribution in [1.82, 2.24) is 0 Å². The molecule has 1 atom stereocenters. The maximum atomic E-state index is 11.7. The number of hydrogen-bond acceptors (Lipinski definition) is 3. The van der Waals surface area contributed by atoms with E-state index in [-0.39, 0.29) is 16.9 Å². The van der Waals surface area contributed by atoms with Crippen LogP contribution in [0.3, 0.4) is 0 Å². The number of esters is 1. The minimum Gasteiger partial charge on any atom is -0.543 e. The van der Waals surface area contributed by atoms with Gasteiger partial charge in [0.1, 0.15) is 5.75 Å². The standard InChI is InChI=1S/C19H30O3Si/c1-8-21-18(20)15(2)13-14-16-11-9-10-12-17(16)22-23(6,7)19(3,4)5/h9-15H,8H2,1-7H3/b14-13+. The Morgan fingerprint density at radius 2 is 1.87 bits per heavy atom. The van der Waals surface area contributed by atoms with E-state index in [0.29, 0.717) is 6.61 Å². The third-order valence-corrected chi connectivity index (χ3v) is 8.66. The van der Waals surface area contributed by atoms with Gasteiger partial charge in [0.25, 0.3) is 8.32 Å². The van der Waals surface area contributed by atoms with Gasteiger partial charge in [0, 0.05) is 5.56 Å². The van der Waals surface area contributed by atoms with Crippen molar-refractivity contribution in [1.29, 1.82) is 0 Å². The first-order valence-electron chi connectivity index (χ1n) is 8.21. The molecule has 0 saturated carbocycles. The van der Waals surface area contributed by atoms with Gasteiger partial charge >= 0.3 is 5.97 Å². The van der Waals surface area contributed by atoms with Crippen molar-refractivity contribution in [3.05, 3.63) is 35.9 Å². The lowest BCUT2D eigenvalue weighted by Crippen LogP contribution is -2.44. The van der Waals surface area contributed by atoms with Crippen LogP contribution in [0.2, 0.25) is 18.1 Å². The van der Waals surface area contributed by atoms with Gasteiger partial charge in [-0.05, 0) is 38.0 Å². The molecular formula is C19H30O3Si. The van der Waals surface area contributed by atoms with Crippen LogP contribution in [0.1, 0.15) is 40.2 Å². The Morgan fingerprint density at radius 1 is 1.26 bits per heavy atom. The lowest BCUT2D eigenvalue weighted by Gasteiger charge is -2.36. The molecule has 0 bridgehead atoms. The van der Waals surface area contributed by atoms with Crippen molar-refractivity contribution in [3.8, 4) is 5.75 Å². The van der Waals surface area contributed by atoms with Gasteiger partial charge in [0.05, 0.1) is 12.5 Å². The van der Waals surface area contributed by atoms with E-state index in [1.807, 2.05) is 50.3 Å². The molecule has 1 unspecified atom stereocenters. The lowest BCUT2D eigenvalue weighted by molar-refractivity contribution is -0.145. The minimum atomic E-state index is -1.89.